The Morgan fingerprint density at radius 1 is 1.04 bits per heavy atom. The summed E-state index contributed by atoms with van der Waals surface area (Å²) in [4.78, 5) is 29.1. The number of amides is 3. The molecule has 5 nitrogen and oxygen atoms in total. The Morgan fingerprint density at radius 2 is 1.68 bits per heavy atom. The van der Waals surface area contributed by atoms with Crippen LogP contribution in [-0.4, -0.2) is 34.8 Å². The van der Waals surface area contributed by atoms with Crippen LogP contribution in [0.2, 0.25) is 0 Å². The molecular weight excluding hydrogens is 350 g/mol. The number of nitrogens with one attached hydrogen (secondary N) is 1. The van der Waals surface area contributed by atoms with Crippen LogP contribution in [0.5, 0.6) is 0 Å². The van der Waals surface area contributed by atoms with E-state index in [2.05, 4.69) is 24.4 Å². The molecule has 5 heteroatoms. The molecule has 2 aromatic rings. The monoisotopic (exact) mass is 377 g/mol. The molecule has 0 bridgehead atoms. The summed E-state index contributed by atoms with van der Waals surface area (Å²) in [5.74, 6) is 0.764. The second kappa shape index (κ2) is 8.05. The standard InChI is InChI=1S/C23H27N3O2/c1-2-13-25(14-17-7-8-17)22(27)18-9-11-21(12-10-18)24-23(28)26-15-19-5-3-4-6-20(19)16-26/h3-6,9-12,17H,2,7-8,13-16H2,1H3,(H,24,28). The van der Waals surface area contributed by atoms with Gasteiger partial charge in [-0.05, 0) is 60.6 Å². The third kappa shape index (κ3) is 4.19. The number of fused-ring (bicyclic) bond motifs is 1. The second-order valence-corrected chi connectivity index (χ2v) is 7.83. The van der Waals surface area contributed by atoms with Crippen LogP contribution >= 0.6 is 0 Å². The van der Waals surface area contributed by atoms with E-state index in [-0.39, 0.29) is 11.9 Å². The molecule has 1 fully saturated rings. The van der Waals surface area contributed by atoms with Gasteiger partial charge in [0.15, 0.2) is 0 Å². The first-order valence-corrected chi connectivity index (χ1v) is 10.2. The van der Waals surface area contributed by atoms with Crippen LogP contribution in [0.15, 0.2) is 48.5 Å². The summed E-state index contributed by atoms with van der Waals surface area (Å²) in [5.41, 5.74) is 3.79. The predicted molar refractivity (Wildman–Crippen MR) is 110 cm³/mol. The first-order valence-electron chi connectivity index (χ1n) is 10.2. The van der Waals surface area contributed by atoms with Crippen molar-refractivity contribution >= 4 is 17.6 Å². The lowest BCUT2D eigenvalue weighted by molar-refractivity contribution is 0.0747. The summed E-state index contributed by atoms with van der Waals surface area (Å²) >= 11 is 0. The van der Waals surface area contributed by atoms with Gasteiger partial charge >= 0.3 is 6.03 Å². The number of rotatable bonds is 6. The zero-order valence-electron chi connectivity index (χ0n) is 16.4. The van der Waals surface area contributed by atoms with E-state index in [1.807, 2.05) is 41.3 Å². The Kier molecular flexibility index (Phi) is 5.33. The van der Waals surface area contributed by atoms with Gasteiger partial charge in [0, 0.05) is 37.4 Å². The summed E-state index contributed by atoms with van der Waals surface area (Å²) < 4.78 is 0. The van der Waals surface area contributed by atoms with Crippen molar-refractivity contribution in [1.82, 2.24) is 9.80 Å². The van der Waals surface area contributed by atoms with Crippen molar-refractivity contribution in [3.05, 3.63) is 65.2 Å². The van der Waals surface area contributed by atoms with Crippen molar-refractivity contribution in [2.45, 2.75) is 39.3 Å². The van der Waals surface area contributed by atoms with Gasteiger partial charge in [0.1, 0.15) is 0 Å². The third-order valence-electron chi connectivity index (χ3n) is 5.47. The molecule has 0 aromatic heterocycles. The van der Waals surface area contributed by atoms with Gasteiger partial charge in [-0.3, -0.25) is 4.79 Å². The fourth-order valence-corrected chi connectivity index (χ4v) is 3.72. The van der Waals surface area contributed by atoms with Gasteiger partial charge in [0.25, 0.3) is 5.91 Å². The molecule has 2 aliphatic rings. The van der Waals surface area contributed by atoms with E-state index in [1.54, 1.807) is 4.90 Å². The first-order chi connectivity index (χ1) is 13.6. The van der Waals surface area contributed by atoms with Crippen molar-refractivity contribution in [3.8, 4) is 0 Å². The van der Waals surface area contributed by atoms with Crippen molar-refractivity contribution < 1.29 is 9.59 Å². The molecule has 3 amide bonds. The maximum Gasteiger partial charge on any atom is 0.322 e. The molecule has 0 atom stereocenters. The van der Waals surface area contributed by atoms with Crippen molar-refractivity contribution in [1.29, 1.82) is 0 Å². The molecule has 0 unspecified atom stereocenters. The van der Waals surface area contributed by atoms with Crippen molar-refractivity contribution in [2.24, 2.45) is 5.92 Å². The highest BCUT2D eigenvalue weighted by atomic mass is 16.2. The molecule has 4 rings (SSSR count). The average Bonchev–Trinajstić information content (AvgIpc) is 3.42. The minimum atomic E-state index is -0.114. The Labute approximate surface area is 166 Å². The SMILES string of the molecule is CCCN(CC1CC1)C(=O)c1ccc(NC(=O)N2Cc3ccccc3C2)cc1. The summed E-state index contributed by atoms with van der Waals surface area (Å²) in [6.45, 7) is 5.02. The molecule has 0 spiro atoms. The zero-order chi connectivity index (χ0) is 19.5. The van der Waals surface area contributed by atoms with Gasteiger partial charge in [-0.25, -0.2) is 4.79 Å². The van der Waals surface area contributed by atoms with Gasteiger partial charge in [0.05, 0.1) is 0 Å². The average molecular weight is 377 g/mol. The lowest BCUT2D eigenvalue weighted by atomic mass is 10.1. The van der Waals surface area contributed by atoms with Crippen LogP contribution in [0.4, 0.5) is 10.5 Å². The van der Waals surface area contributed by atoms with Gasteiger partial charge in [-0.1, -0.05) is 31.2 Å². The summed E-state index contributed by atoms with van der Waals surface area (Å²) in [6.07, 6.45) is 3.43. The second-order valence-electron chi connectivity index (χ2n) is 7.83. The Hall–Kier alpha value is -2.82. The minimum Gasteiger partial charge on any atom is -0.338 e. The molecule has 0 radical (unpaired) electrons. The van der Waals surface area contributed by atoms with Crippen LogP contribution in [0.1, 0.15) is 47.7 Å². The van der Waals surface area contributed by atoms with E-state index >= 15 is 0 Å². The van der Waals surface area contributed by atoms with Crippen LogP contribution in [0, 0.1) is 5.92 Å². The smallest absolute Gasteiger partial charge is 0.322 e. The van der Waals surface area contributed by atoms with Gasteiger partial charge in [-0.2, -0.15) is 0 Å². The topological polar surface area (TPSA) is 52.7 Å². The van der Waals surface area contributed by atoms with Crippen LogP contribution in [-0.2, 0) is 13.1 Å². The maximum absolute atomic E-state index is 12.8. The molecule has 146 valence electrons. The zero-order valence-corrected chi connectivity index (χ0v) is 16.4. The van der Waals surface area contributed by atoms with E-state index in [1.165, 1.54) is 24.0 Å². The van der Waals surface area contributed by atoms with Gasteiger partial charge in [0.2, 0.25) is 0 Å². The maximum atomic E-state index is 12.8. The van der Waals surface area contributed by atoms with Crippen LogP contribution in [0.25, 0.3) is 0 Å². The fourth-order valence-electron chi connectivity index (χ4n) is 3.72. The highest BCUT2D eigenvalue weighted by molar-refractivity contribution is 5.95. The number of hydrogen-bond acceptors (Lipinski definition) is 2. The lowest BCUT2D eigenvalue weighted by Gasteiger charge is -2.22. The minimum absolute atomic E-state index is 0.0848. The summed E-state index contributed by atoms with van der Waals surface area (Å²) in [7, 11) is 0. The van der Waals surface area contributed by atoms with E-state index in [9.17, 15) is 9.59 Å². The molecule has 0 saturated heterocycles. The molecule has 2 aromatic carbocycles. The molecular formula is C23H27N3O2. The molecule has 1 aliphatic carbocycles. The number of hydrogen-bond donors (Lipinski definition) is 1. The third-order valence-corrected chi connectivity index (χ3v) is 5.47. The molecule has 28 heavy (non-hydrogen) atoms. The Bertz CT molecular complexity index is 833. The number of benzene rings is 2. The molecule has 1 N–H and O–H groups in total. The Balaban J connectivity index is 1.36. The van der Waals surface area contributed by atoms with E-state index in [0.29, 0.717) is 30.3 Å². The summed E-state index contributed by atoms with van der Waals surface area (Å²) in [5, 5.41) is 2.94. The lowest BCUT2D eigenvalue weighted by Crippen LogP contribution is -2.33. The first kappa shape index (κ1) is 18.5. The van der Waals surface area contributed by atoms with Crippen LogP contribution in [0.3, 0.4) is 0 Å². The fraction of sp³-hybridized carbons (Fsp3) is 0.391. The molecule has 1 saturated carbocycles. The quantitative estimate of drug-likeness (QED) is 0.806. The van der Waals surface area contributed by atoms with Crippen molar-refractivity contribution in [2.75, 3.05) is 18.4 Å². The number of anilines is 1. The number of urea groups is 1. The molecule has 1 aliphatic heterocycles. The van der Waals surface area contributed by atoms with Crippen LogP contribution < -0.4 is 5.32 Å². The predicted octanol–water partition coefficient (Wildman–Crippen LogP) is 4.50. The number of nitrogens with zero attached hydrogens (tertiary/aromatic N) is 2. The molecule has 1 heterocycles. The summed E-state index contributed by atoms with van der Waals surface area (Å²) in [6, 6.07) is 15.3. The Morgan fingerprint density at radius 3 is 2.25 bits per heavy atom. The van der Waals surface area contributed by atoms with Gasteiger partial charge < -0.3 is 15.1 Å². The number of carbonyl (C=O) groups is 2. The van der Waals surface area contributed by atoms with E-state index < -0.39 is 0 Å². The number of carbonyl (C=O) groups excluding carboxylic acids is 2. The van der Waals surface area contributed by atoms with E-state index in [4.69, 9.17) is 0 Å². The largest absolute Gasteiger partial charge is 0.338 e. The van der Waals surface area contributed by atoms with Crippen molar-refractivity contribution in [3.63, 3.8) is 0 Å². The van der Waals surface area contributed by atoms with Gasteiger partial charge in [-0.15, -0.1) is 0 Å². The van der Waals surface area contributed by atoms with E-state index in [0.717, 1.165) is 19.5 Å². The highest BCUT2D eigenvalue weighted by Crippen LogP contribution is 2.30. The normalized spacial score (nSPS) is 15.2. The highest BCUT2D eigenvalue weighted by Gasteiger charge is 2.27.